The molecule has 0 saturated heterocycles. The summed E-state index contributed by atoms with van der Waals surface area (Å²) in [4.78, 5) is 15.2. The molecule has 0 saturated carbocycles. The Kier molecular flexibility index (Phi) is 4.36. The highest BCUT2D eigenvalue weighted by Crippen LogP contribution is 2.36. The quantitative estimate of drug-likeness (QED) is 0.860. The zero-order valence-electron chi connectivity index (χ0n) is 11.3. The highest BCUT2D eigenvalue weighted by molar-refractivity contribution is 7.99. The summed E-state index contributed by atoms with van der Waals surface area (Å²) in [5.41, 5.74) is 0.875. The molecule has 0 atom stereocenters. The molecule has 2 aromatic rings. The summed E-state index contributed by atoms with van der Waals surface area (Å²) >= 11 is 7.78. The number of ether oxygens (including phenoxy) is 1. The Hall–Kier alpha value is -1.65. The maximum absolute atomic E-state index is 12.4. The molecule has 1 aliphatic rings. The number of carbonyl (C=O) groups is 1. The van der Waals surface area contributed by atoms with Gasteiger partial charge in [-0.3, -0.25) is 4.79 Å². The number of para-hydroxylation sites is 1. The number of thioether (sulfide) groups is 1. The van der Waals surface area contributed by atoms with Gasteiger partial charge in [0.1, 0.15) is 5.75 Å². The molecule has 0 aromatic heterocycles. The standard InChI is InChI=1S/C16H14ClNO2S/c17-12-6-7-15-14(10-12)18(8-9-21-15)16(19)11-20-13-4-2-1-3-5-13/h1-7,10H,8-9,11H2. The lowest BCUT2D eigenvalue weighted by Crippen LogP contribution is -2.38. The largest absolute Gasteiger partial charge is 0.484 e. The predicted molar refractivity (Wildman–Crippen MR) is 86.5 cm³/mol. The van der Waals surface area contributed by atoms with Crippen LogP contribution in [-0.2, 0) is 4.79 Å². The van der Waals surface area contributed by atoms with Crippen molar-refractivity contribution in [3.63, 3.8) is 0 Å². The second-order valence-corrected chi connectivity index (χ2v) is 6.18. The summed E-state index contributed by atoms with van der Waals surface area (Å²) in [5, 5.41) is 0.637. The van der Waals surface area contributed by atoms with E-state index in [2.05, 4.69) is 0 Å². The van der Waals surface area contributed by atoms with E-state index in [1.54, 1.807) is 16.7 Å². The third-order valence-corrected chi connectivity index (χ3v) is 4.47. The van der Waals surface area contributed by atoms with E-state index in [0.717, 1.165) is 16.3 Å². The van der Waals surface area contributed by atoms with Crippen molar-refractivity contribution in [3.8, 4) is 5.75 Å². The van der Waals surface area contributed by atoms with Crippen LogP contribution in [0.1, 0.15) is 0 Å². The van der Waals surface area contributed by atoms with Gasteiger partial charge < -0.3 is 9.64 Å². The fraction of sp³-hybridized carbons (Fsp3) is 0.188. The Balaban J connectivity index is 1.73. The molecule has 1 heterocycles. The van der Waals surface area contributed by atoms with Gasteiger partial charge >= 0.3 is 0 Å². The van der Waals surface area contributed by atoms with Crippen LogP contribution in [0.25, 0.3) is 0 Å². The zero-order chi connectivity index (χ0) is 14.7. The first-order valence-corrected chi connectivity index (χ1v) is 8.01. The fourth-order valence-electron chi connectivity index (χ4n) is 2.19. The van der Waals surface area contributed by atoms with Crippen LogP contribution < -0.4 is 9.64 Å². The Morgan fingerprint density at radius 2 is 2.05 bits per heavy atom. The summed E-state index contributed by atoms with van der Waals surface area (Å²) in [6, 6.07) is 15.0. The van der Waals surface area contributed by atoms with Crippen molar-refractivity contribution in [2.75, 3.05) is 23.8 Å². The molecule has 3 nitrogen and oxygen atoms in total. The third kappa shape index (κ3) is 3.34. The maximum atomic E-state index is 12.4. The molecule has 1 aliphatic heterocycles. The molecule has 0 radical (unpaired) electrons. The summed E-state index contributed by atoms with van der Waals surface area (Å²) in [5.74, 6) is 1.53. The lowest BCUT2D eigenvalue weighted by Gasteiger charge is -2.29. The zero-order valence-corrected chi connectivity index (χ0v) is 12.9. The Morgan fingerprint density at radius 1 is 1.24 bits per heavy atom. The first-order valence-electron chi connectivity index (χ1n) is 6.64. The topological polar surface area (TPSA) is 29.5 Å². The molecule has 2 aromatic carbocycles. The molecule has 0 bridgehead atoms. The number of carbonyl (C=O) groups excluding carboxylic acids is 1. The van der Waals surface area contributed by atoms with Crippen LogP contribution >= 0.6 is 23.4 Å². The lowest BCUT2D eigenvalue weighted by atomic mass is 10.2. The summed E-state index contributed by atoms with van der Waals surface area (Å²) in [6.07, 6.45) is 0. The number of hydrogen-bond acceptors (Lipinski definition) is 3. The number of nitrogens with zero attached hydrogens (tertiary/aromatic N) is 1. The number of fused-ring (bicyclic) bond motifs is 1. The monoisotopic (exact) mass is 319 g/mol. The van der Waals surface area contributed by atoms with Gasteiger partial charge in [-0.1, -0.05) is 29.8 Å². The molecule has 0 N–H and O–H groups in total. The minimum absolute atomic E-state index is 0.0284. The van der Waals surface area contributed by atoms with E-state index in [-0.39, 0.29) is 12.5 Å². The Bertz CT molecular complexity index is 648. The van der Waals surface area contributed by atoms with Crippen LogP contribution in [0.5, 0.6) is 5.75 Å². The van der Waals surface area contributed by atoms with Crippen LogP contribution in [0.3, 0.4) is 0 Å². The van der Waals surface area contributed by atoms with Gasteiger partial charge in [0.05, 0.1) is 5.69 Å². The predicted octanol–water partition coefficient (Wildman–Crippen LogP) is 3.86. The van der Waals surface area contributed by atoms with E-state index < -0.39 is 0 Å². The van der Waals surface area contributed by atoms with Gasteiger partial charge in [0.2, 0.25) is 0 Å². The van der Waals surface area contributed by atoms with Gasteiger partial charge in [0.15, 0.2) is 6.61 Å². The molecule has 1 amide bonds. The van der Waals surface area contributed by atoms with Gasteiger partial charge in [0, 0.05) is 22.2 Å². The van der Waals surface area contributed by atoms with Crippen molar-refractivity contribution in [1.29, 1.82) is 0 Å². The minimum Gasteiger partial charge on any atom is -0.484 e. The van der Waals surface area contributed by atoms with E-state index in [1.807, 2.05) is 48.5 Å². The minimum atomic E-state index is -0.0531. The van der Waals surface area contributed by atoms with Crippen molar-refractivity contribution < 1.29 is 9.53 Å². The van der Waals surface area contributed by atoms with Crippen LogP contribution in [-0.4, -0.2) is 24.8 Å². The van der Waals surface area contributed by atoms with E-state index in [4.69, 9.17) is 16.3 Å². The normalized spacial score (nSPS) is 13.7. The van der Waals surface area contributed by atoms with Crippen LogP contribution in [0.4, 0.5) is 5.69 Å². The second-order valence-electron chi connectivity index (χ2n) is 4.61. The second kappa shape index (κ2) is 6.41. The van der Waals surface area contributed by atoms with E-state index in [1.165, 1.54) is 0 Å². The summed E-state index contributed by atoms with van der Waals surface area (Å²) < 4.78 is 5.54. The fourth-order valence-corrected chi connectivity index (χ4v) is 3.33. The smallest absolute Gasteiger partial charge is 0.264 e. The van der Waals surface area contributed by atoms with Crippen molar-refractivity contribution in [2.45, 2.75) is 4.90 Å². The SMILES string of the molecule is O=C(COc1ccccc1)N1CCSc2ccc(Cl)cc21. The van der Waals surface area contributed by atoms with Crippen molar-refractivity contribution in [3.05, 3.63) is 53.6 Å². The molecular formula is C16H14ClNO2S. The van der Waals surface area contributed by atoms with Crippen molar-refractivity contribution in [2.24, 2.45) is 0 Å². The van der Waals surface area contributed by atoms with Gasteiger partial charge in [-0.15, -0.1) is 11.8 Å². The van der Waals surface area contributed by atoms with Gasteiger partial charge in [-0.25, -0.2) is 0 Å². The van der Waals surface area contributed by atoms with Gasteiger partial charge in [-0.2, -0.15) is 0 Å². The number of rotatable bonds is 3. The maximum Gasteiger partial charge on any atom is 0.264 e. The average molecular weight is 320 g/mol. The van der Waals surface area contributed by atoms with E-state index in [0.29, 0.717) is 17.3 Å². The number of anilines is 1. The van der Waals surface area contributed by atoms with Crippen molar-refractivity contribution in [1.82, 2.24) is 0 Å². The number of hydrogen-bond donors (Lipinski definition) is 0. The van der Waals surface area contributed by atoms with Crippen LogP contribution in [0.2, 0.25) is 5.02 Å². The van der Waals surface area contributed by atoms with E-state index >= 15 is 0 Å². The van der Waals surface area contributed by atoms with Crippen LogP contribution in [0, 0.1) is 0 Å². The Labute approximate surface area is 132 Å². The first-order chi connectivity index (χ1) is 10.2. The number of halogens is 1. The Morgan fingerprint density at radius 3 is 2.86 bits per heavy atom. The molecule has 108 valence electrons. The summed E-state index contributed by atoms with van der Waals surface area (Å²) in [6.45, 7) is 0.704. The molecule has 0 unspecified atom stereocenters. The van der Waals surface area contributed by atoms with Gasteiger partial charge in [-0.05, 0) is 30.3 Å². The molecule has 5 heteroatoms. The molecular weight excluding hydrogens is 306 g/mol. The van der Waals surface area contributed by atoms with Gasteiger partial charge in [0.25, 0.3) is 5.91 Å². The number of benzene rings is 2. The molecule has 0 fully saturated rings. The average Bonchev–Trinajstić information content (AvgIpc) is 2.53. The third-order valence-electron chi connectivity index (χ3n) is 3.19. The van der Waals surface area contributed by atoms with Crippen molar-refractivity contribution >= 4 is 35.0 Å². The van der Waals surface area contributed by atoms with E-state index in [9.17, 15) is 4.79 Å². The highest BCUT2D eigenvalue weighted by Gasteiger charge is 2.23. The van der Waals surface area contributed by atoms with Crippen LogP contribution in [0.15, 0.2) is 53.4 Å². The molecule has 0 spiro atoms. The summed E-state index contributed by atoms with van der Waals surface area (Å²) in [7, 11) is 0. The molecule has 0 aliphatic carbocycles. The number of amides is 1. The first kappa shape index (κ1) is 14.3. The lowest BCUT2D eigenvalue weighted by molar-refractivity contribution is -0.120. The highest BCUT2D eigenvalue weighted by atomic mass is 35.5. The molecule has 21 heavy (non-hydrogen) atoms. The molecule has 3 rings (SSSR count).